The minimum absolute atomic E-state index is 0.203. The molecule has 4 aromatic rings. The second kappa shape index (κ2) is 11.9. The molecule has 4 rings (SSSR count). The molecule has 11 heteroatoms. The molecule has 9 nitrogen and oxygen atoms in total. The fraction of sp³-hybridized carbons (Fsp3) is 0.192. The first kappa shape index (κ1) is 26.2. The first-order valence-corrected chi connectivity index (χ1v) is 12.5. The molecule has 0 saturated heterocycles. The minimum Gasteiger partial charge on any atom is -0.496 e. The van der Waals surface area contributed by atoms with Crippen LogP contribution in [0.1, 0.15) is 11.1 Å². The van der Waals surface area contributed by atoms with Crippen LogP contribution in [0.3, 0.4) is 0 Å². The highest BCUT2D eigenvalue weighted by Crippen LogP contribution is 2.37. The van der Waals surface area contributed by atoms with Crippen molar-refractivity contribution in [1.29, 1.82) is 0 Å². The molecule has 1 aromatic heterocycles. The molecule has 0 saturated carbocycles. The van der Waals surface area contributed by atoms with E-state index in [0.717, 1.165) is 21.2 Å². The summed E-state index contributed by atoms with van der Waals surface area (Å²) < 4.78 is 19.8. The number of halogens is 1. The van der Waals surface area contributed by atoms with Gasteiger partial charge in [0.25, 0.3) is 5.91 Å². The van der Waals surface area contributed by atoms with Gasteiger partial charge >= 0.3 is 0 Å². The molecule has 3 N–H and O–H groups in total. The Morgan fingerprint density at radius 2 is 1.78 bits per heavy atom. The van der Waals surface area contributed by atoms with Crippen molar-refractivity contribution in [1.82, 2.24) is 14.9 Å². The van der Waals surface area contributed by atoms with Gasteiger partial charge in [0.15, 0.2) is 23.9 Å². The van der Waals surface area contributed by atoms with Gasteiger partial charge in [0, 0.05) is 15.7 Å². The van der Waals surface area contributed by atoms with Crippen LogP contribution < -0.4 is 25.0 Å². The lowest BCUT2D eigenvalue weighted by molar-refractivity contribution is -0.118. The van der Waals surface area contributed by atoms with E-state index in [0.29, 0.717) is 33.5 Å². The number of amides is 1. The summed E-state index contributed by atoms with van der Waals surface area (Å²) in [6, 6.07) is 18.7. The molecular formula is C26H26BrN5O4S. The van der Waals surface area contributed by atoms with Crippen LogP contribution >= 0.6 is 28.1 Å². The van der Waals surface area contributed by atoms with E-state index in [2.05, 4.69) is 36.9 Å². The van der Waals surface area contributed by atoms with E-state index in [1.807, 2.05) is 61.5 Å². The molecule has 1 amide bonds. The van der Waals surface area contributed by atoms with E-state index >= 15 is 0 Å². The van der Waals surface area contributed by atoms with Crippen molar-refractivity contribution in [3.8, 4) is 28.6 Å². The molecule has 37 heavy (non-hydrogen) atoms. The van der Waals surface area contributed by atoms with Crippen molar-refractivity contribution in [3.05, 3.63) is 81.0 Å². The molecule has 3 aromatic carbocycles. The van der Waals surface area contributed by atoms with Gasteiger partial charge in [0.1, 0.15) is 5.75 Å². The molecule has 0 aliphatic rings. The topological polar surface area (TPSA) is 102 Å². The van der Waals surface area contributed by atoms with Crippen LogP contribution in [0.15, 0.2) is 65.1 Å². The largest absolute Gasteiger partial charge is 0.496 e. The quantitative estimate of drug-likeness (QED) is 0.213. The molecule has 0 fully saturated rings. The van der Waals surface area contributed by atoms with Crippen molar-refractivity contribution in [2.75, 3.05) is 31.6 Å². The Morgan fingerprint density at radius 3 is 2.51 bits per heavy atom. The Balaban J connectivity index is 1.56. The van der Waals surface area contributed by atoms with Gasteiger partial charge < -0.3 is 25.0 Å². The maximum absolute atomic E-state index is 12.6. The van der Waals surface area contributed by atoms with Crippen LogP contribution in [0.5, 0.6) is 17.2 Å². The van der Waals surface area contributed by atoms with Gasteiger partial charge in [-0.15, -0.1) is 0 Å². The molecule has 192 valence electrons. The van der Waals surface area contributed by atoms with Gasteiger partial charge in [-0.05, 0) is 55.5 Å². The third-order valence-corrected chi connectivity index (χ3v) is 6.52. The molecule has 0 bridgehead atoms. The van der Waals surface area contributed by atoms with Crippen LogP contribution in [0, 0.1) is 11.7 Å². The Bertz CT molecular complexity index is 1450. The SMILES string of the molecule is COc1ccccc1-c1n[nH]c(=S)n1NCc1c(Br)ccc(OC)c1OCC(=O)Nc1ccc(C)cc1. The number of aryl methyl sites for hydroxylation is 1. The van der Waals surface area contributed by atoms with E-state index in [4.69, 9.17) is 26.4 Å². The van der Waals surface area contributed by atoms with Gasteiger partial charge in [-0.3, -0.25) is 4.79 Å². The maximum Gasteiger partial charge on any atom is 0.262 e. The smallest absolute Gasteiger partial charge is 0.262 e. The van der Waals surface area contributed by atoms with E-state index in [-0.39, 0.29) is 19.1 Å². The van der Waals surface area contributed by atoms with Crippen molar-refractivity contribution < 1.29 is 19.0 Å². The second-order valence-corrected chi connectivity index (χ2v) is 9.22. The molecular weight excluding hydrogens is 558 g/mol. The minimum atomic E-state index is -0.291. The molecule has 0 aliphatic heterocycles. The number of hydrogen-bond acceptors (Lipinski definition) is 7. The number of methoxy groups -OCH3 is 2. The number of benzene rings is 3. The number of aromatic amines is 1. The number of nitrogens with zero attached hydrogens (tertiary/aromatic N) is 2. The van der Waals surface area contributed by atoms with Crippen LogP contribution in [-0.2, 0) is 11.3 Å². The molecule has 0 unspecified atom stereocenters. The summed E-state index contributed by atoms with van der Waals surface area (Å²) >= 11 is 9.05. The fourth-order valence-corrected chi connectivity index (χ4v) is 4.30. The predicted molar refractivity (Wildman–Crippen MR) is 148 cm³/mol. The number of carbonyl (C=O) groups excluding carboxylic acids is 1. The number of hydrogen-bond donors (Lipinski definition) is 3. The van der Waals surface area contributed by atoms with E-state index in [9.17, 15) is 4.79 Å². The Kier molecular flexibility index (Phi) is 8.47. The third-order valence-electron chi connectivity index (χ3n) is 5.50. The molecule has 0 radical (unpaired) electrons. The van der Waals surface area contributed by atoms with E-state index < -0.39 is 0 Å². The van der Waals surface area contributed by atoms with Gasteiger partial charge in [-0.25, -0.2) is 9.77 Å². The van der Waals surface area contributed by atoms with Crippen molar-refractivity contribution in [2.24, 2.45) is 0 Å². The first-order chi connectivity index (χ1) is 17.9. The van der Waals surface area contributed by atoms with Crippen LogP contribution in [0.2, 0.25) is 0 Å². The molecule has 0 atom stereocenters. The normalized spacial score (nSPS) is 10.6. The fourth-order valence-electron chi connectivity index (χ4n) is 3.65. The number of H-pyrrole nitrogens is 1. The molecule has 0 aliphatic carbocycles. The summed E-state index contributed by atoms with van der Waals surface area (Å²) in [6.45, 7) is 2.06. The van der Waals surface area contributed by atoms with E-state index in [1.54, 1.807) is 25.0 Å². The molecule has 1 heterocycles. The molecule has 0 spiro atoms. The monoisotopic (exact) mass is 583 g/mol. The highest BCUT2D eigenvalue weighted by Gasteiger charge is 2.18. The zero-order valence-electron chi connectivity index (χ0n) is 20.5. The lowest BCUT2D eigenvalue weighted by atomic mass is 10.2. The maximum atomic E-state index is 12.6. The number of nitrogens with one attached hydrogen (secondary N) is 3. The Hall–Kier alpha value is -3.83. The second-order valence-electron chi connectivity index (χ2n) is 7.98. The lowest BCUT2D eigenvalue weighted by Gasteiger charge is -2.18. The van der Waals surface area contributed by atoms with Crippen molar-refractivity contribution in [3.63, 3.8) is 0 Å². The number of rotatable bonds is 10. The number of carbonyl (C=O) groups is 1. The van der Waals surface area contributed by atoms with E-state index in [1.165, 1.54) is 0 Å². The summed E-state index contributed by atoms with van der Waals surface area (Å²) in [7, 11) is 3.15. The summed E-state index contributed by atoms with van der Waals surface area (Å²) in [5.74, 6) is 1.84. The summed E-state index contributed by atoms with van der Waals surface area (Å²) in [5.41, 5.74) is 6.59. The summed E-state index contributed by atoms with van der Waals surface area (Å²) in [6.07, 6.45) is 0. The average Bonchev–Trinajstić information content (AvgIpc) is 3.28. The Morgan fingerprint density at radius 1 is 1.05 bits per heavy atom. The van der Waals surface area contributed by atoms with Crippen molar-refractivity contribution >= 4 is 39.7 Å². The zero-order valence-corrected chi connectivity index (χ0v) is 22.9. The standard InChI is InChI=1S/C26H26BrN5O4S/c1-16-8-10-17(11-9-16)29-23(33)15-36-24-19(20(27)12-13-22(24)35-3)14-28-32-25(30-31-26(32)37)18-6-4-5-7-21(18)34-2/h4-13,28H,14-15H2,1-3H3,(H,29,33)(H,31,37). The Labute approximate surface area is 227 Å². The lowest BCUT2D eigenvalue weighted by Crippen LogP contribution is -2.22. The van der Waals surface area contributed by atoms with Gasteiger partial charge in [-0.1, -0.05) is 45.8 Å². The number of ether oxygens (including phenoxy) is 3. The van der Waals surface area contributed by atoms with Gasteiger partial charge in [0.05, 0.1) is 26.3 Å². The highest BCUT2D eigenvalue weighted by atomic mass is 79.9. The number of aromatic nitrogens is 3. The van der Waals surface area contributed by atoms with Gasteiger partial charge in [-0.2, -0.15) is 5.10 Å². The van der Waals surface area contributed by atoms with Crippen LogP contribution in [0.25, 0.3) is 11.4 Å². The predicted octanol–water partition coefficient (Wildman–Crippen LogP) is 5.46. The van der Waals surface area contributed by atoms with Crippen LogP contribution in [-0.4, -0.2) is 41.6 Å². The van der Waals surface area contributed by atoms with Gasteiger partial charge in [0.2, 0.25) is 4.77 Å². The number of anilines is 1. The highest BCUT2D eigenvalue weighted by molar-refractivity contribution is 9.10. The summed E-state index contributed by atoms with van der Waals surface area (Å²) in [5, 5.41) is 10.0. The zero-order chi connectivity index (χ0) is 26.4. The summed E-state index contributed by atoms with van der Waals surface area (Å²) in [4.78, 5) is 12.6. The van der Waals surface area contributed by atoms with Crippen LogP contribution in [0.4, 0.5) is 5.69 Å². The first-order valence-electron chi connectivity index (χ1n) is 11.3. The average molecular weight is 584 g/mol. The van der Waals surface area contributed by atoms with Crippen molar-refractivity contribution in [2.45, 2.75) is 13.5 Å². The number of para-hydroxylation sites is 1. The third kappa shape index (κ3) is 6.12.